The summed E-state index contributed by atoms with van der Waals surface area (Å²) in [6.45, 7) is 48.4. The van der Waals surface area contributed by atoms with Gasteiger partial charge in [0, 0.05) is 77.8 Å². The molecule has 21 rings (SSSR count). The lowest BCUT2D eigenvalue weighted by Crippen LogP contribution is -2.61. The zero-order chi connectivity index (χ0) is 83.9. The summed E-state index contributed by atoms with van der Waals surface area (Å²) in [5.41, 5.74) is 30.5. The van der Waals surface area contributed by atoms with E-state index in [0.717, 1.165) is 62.2 Å². The standard InChI is InChI=1S/C115H106BN5/c1-21-22-29-80-68(2)81-30-23-24-31-82(81)89-62-75(42-46-87(80)89)119-105-64-77(117-99-50-36-69(110(3,4)5)56-91(99)92-57-70(111(6,7)8)37-51-100(92)117)44-48-97(105)116-98-49-45-78(118-101-52-38-71(112(9,10)11)58-93(101)94-59-72(113(12,13)14)39-53-102(94)118)65-106(98)120(76-43-47-88-85-34-26-25-32-83(85)84-33-27-28-35-86(84)90(88)63-76)108-67-79(66-107(119)109(108)116)121-103-54-40-73(114(15,16)17)60-95(103)96-61-74(115(18,19)20)41-55-104(96)121/h21-67H,1H2,2-20H3/b29-22-. The van der Waals surface area contributed by atoms with Crippen molar-refractivity contribution < 1.29 is 0 Å². The summed E-state index contributed by atoms with van der Waals surface area (Å²) in [4.78, 5) is 5.38. The fourth-order valence-electron chi connectivity index (χ4n) is 20.6. The summed E-state index contributed by atoms with van der Waals surface area (Å²) in [6, 6.07) is 106. The molecule has 0 saturated carbocycles. The van der Waals surface area contributed by atoms with Crippen molar-refractivity contribution in [3.05, 3.63) is 330 Å². The third kappa shape index (κ3) is 11.8. The Bertz CT molecular complexity index is 7500. The molecule has 0 unspecified atom stereocenters. The molecule has 0 atom stereocenters. The molecule has 0 bridgehead atoms. The van der Waals surface area contributed by atoms with Gasteiger partial charge in [-0.2, -0.15) is 0 Å². The number of benzene rings is 16. The second-order valence-electron chi connectivity index (χ2n) is 41.1. The molecule has 0 spiro atoms. The molecule has 19 aromatic rings. The Morgan fingerprint density at radius 2 is 0.521 bits per heavy atom. The lowest BCUT2D eigenvalue weighted by molar-refractivity contribution is 0.590. The van der Waals surface area contributed by atoms with Crippen LogP contribution in [0.4, 0.5) is 34.1 Å². The molecule has 0 N–H and O–H groups in total. The third-order valence-electron chi connectivity index (χ3n) is 27.3. The Morgan fingerprint density at radius 3 is 0.851 bits per heavy atom. The molecular formula is C115H106BN5. The first-order valence-corrected chi connectivity index (χ1v) is 43.6. The highest BCUT2D eigenvalue weighted by molar-refractivity contribution is 7.00. The van der Waals surface area contributed by atoms with E-state index in [1.165, 1.54) is 169 Å². The van der Waals surface area contributed by atoms with Crippen LogP contribution in [0.5, 0.6) is 0 Å². The maximum atomic E-state index is 4.19. The zero-order valence-corrected chi connectivity index (χ0v) is 73.7. The highest BCUT2D eigenvalue weighted by atomic mass is 15.2. The molecule has 121 heavy (non-hydrogen) atoms. The van der Waals surface area contributed by atoms with Crippen LogP contribution >= 0.6 is 0 Å². The molecule has 2 aliphatic rings. The minimum Gasteiger partial charge on any atom is -0.311 e. The largest absolute Gasteiger partial charge is 0.311 e. The molecule has 5 heterocycles. The summed E-state index contributed by atoms with van der Waals surface area (Å²) >= 11 is 0. The van der Waals surface area contributed by atoms with Gasteiger partial charge in [0.05, 0.1) is 38.8 Å². The minimum atomic E-state index is -0.269. The van der Waals surface area contributed by atoms with Gasteiger partial charge in [0.1, 0.15) is 0 Å². The number of aromatic nitrogens is 3. The van der Waals surface area contributed by atoms with Crippen LogP contribution in [0.25, 0.3) is 142 Å². The van der Waals surface area contributed by atoms with Crippen LogP contribution in [0.3, 0.4) is 0 Å². The van der Waals surface area contributed by atoms with Gasteiger partial charge in [-0.05, 0) is 288 Å². The van der Waals surface area contributed by atoms with Crippen LogP contribution in [-0.4, -0.2) is 20.4 Å². The van der Waals surface area contributed by atoms with Crippen LogP contribution in [0.15, 0.2) is 286 Å². The molecule has 594 valence electrons. The monoisotopic (exact) mass is 1570 g/mol. The molecule has 0 fully saturated rings. The minimum absolute atomic E-state index is 0.0697. The molecule has 2 aliphatic heterocycles. The van der Waals surface area contributed by atoms with Crippen molar-refractivity contribution in [1.29, 1.82) is 0 Å². The zero-order valence-electron chi connectivity index (χ0n) is 73.7. The van der Waals surface area contributed by atoms with Crippen molar-refractivity contribution in [3.63, 3.8) is 0 Å². The first-order chi connectivity index (χ1) is 57.7. The van der Waals surface area contributed by atoms with Gasteiger partial charge < -0.3 is 23.5 Å². The molecule has 5 nitrogen and oxygen atoms in total. The lowest BCUT2D eigenvalue weighted by atomic mass is 9.33. The molecule has 0 aliphatic carbocycles. The second kappa shape index (κ2) is 26.4. The normalized spacial score (nSPS) is 13.7. The van der Waals surface area contributed by atoms with Gasteiger partial charge in [0.25, 0.3) is 6.71 Å². The highest BCUT2D eigenvalue weighted by Gasteiger charge is 2.45. The number of hydrogen-bond acceptors (Lipinski definition) is 2. The lowest BCUT2D eigenvalue weighted by Gasteiger charge is -2.45. The van der Waals surface area contributed by atoms with Gasteiger partial charge in [0.2, 0.25) is 0 Å². The van der Waals surface area contributed by atoms with Crippen molar-refractivity contribution in [3.8, 4) is 17.1 Å². The number of anilines is 6. The summed E-state index contributed by atoms with van der Waals surface area (Å²) in [6.07, 6.45) is 6.25. The van der Waals surface area contributed by atoms with E-state index in [9.17, 15) is 0 Å². The van der Waals surface area contributed by atoms with E-state index in [-0.39, 0.29) is 39.2 Å². The van der Waals surface area contributed by atoms with E-state index in [2.05, 4.69) is 441 Å². The number of fused-ring (bicyclic) bond motifs is 22. The van der Waals surface area contributed by atoms with Gasteiger partial charge in [-0.15, -0.1) is 0 Å². The Balaban J connectivity index is 0.936. The molecular weight excluding hydrogens is 1460 g/mol. The maximum Gasteiger partial charge on any atom is 0.252 e. The predicted octanol–water partition coefficient (Wildman–Crippen LogP) is 30.1. The average molecular weight is 1570 g/mol. The molecule has 0 radical (unpaired) electrons. The Labute approximate surface area is 712 Å². The summed E-state index contributed by atoms with van der Waals surface area (Å²) in [5, 5.41) is 19.8. The first kappa shape index (κ1) is 75.8. The second-order valence-corrected chi connectivity index (χ2v) is 41.1. The average Bonchev–Trinajstić information content (AvgIpc) is 1.51. The Hall–Kier alpha value is -12.6. The summed E-state index contributed by atoms with van der Waals surface area (Å²) < 4.78 is 7.76. The fraction of sp³-hybridized carbons (Fsp3) is 0.217. The van der Waals surface area contributed by atoms with Gasteiger partial charge in [-0.25, -0.2) is 0 Å². The van der Waals surface area contributed by atoms with E-state index in [1.54, 1.807) is 0 Å². The highest BCUT2D eigenvalue weighted by Crippen LogP contribution is 2.52. The molecule has 0 saturated heterocycles. The predicted molar refractivity (Wildman–Crippen MR) is 527 cm³/mol. The van der Waals surface area contributed by atoms with E-state index >= 15 is 0 Å². The van der Waals surface area contributed by atoms with Crippen molar-refractivity contribution >= 4 is 183 Å². The molecule has 16 aromatic carbocycles. The van der Waals surface area contributed by atoms with E-state index in [0.29, 0.717) is 0 Å². The van der Waals surface area contributed by atoms with Crippen molar-refractivity contribution in [2.75, 3.05) is 9.80 Å². The van der Waals surface area contributed by atoms with Crippen LogP contribution in [0, 0.1) is 6.92 Å². The van der Waals surface area contributed by atoms with Crippen LogP contribution in [0.1, 0.15) is 169 Å². The van der Waals surface area contributed by atoms with Crippen molar-refractivity contribution in [2.24, 2.45) is 0 Å². The van der Waals surface area contributed by atoms with Gasteiger partial charge in [-0.3, -0.25) is 0 Å². The van der Waals surface area contributed by atoms with Crippen molar-refractivity contribution in [1.82, 2.24) is 13.7 Å². The van der Waals surface area contributed by atoms with E-state index in [1.807, 2.05) is 6.08 Å². The topological polar surface area (TPSA) is 21.3 Å². The SMILES string of the molecule is C=C/C=C\c1c(C)c2ccccc2c2cc(N3c4cc(-n5c6ccc(C(C)(C)C)cc6c6cc(C(C)(C)C)ccc65)ccc4B4c5ccc(-n6c7ccc(C(C)(C)C)cc7c7cc(C(C)(C)C)ccc76)cc5N(c5ccc6c7ccccc7c7ccccc7c6c5)c5cc(-n6c7ccc(C(C)(C)C)cc7c7cc(C(C)(C)C)ccc76)cc3c54)ccc12. The Kier molecular flexibility index (Phi) is 16.6. The van der Waals surface area contributed by atoms with Gasteiger partial charge >= 0.3 is 0 Å². The van der Waals surface area contributed by atoms with Crippen LogP contribution in [0.2, 0.25) is 0 Å². The number of rotatable bonds is 7. The summed E-state index contributed by atoms with van der Waals surface area (Å²) in [5.74, 6) is 0. The van der Waals surface area contributed by atoms with Gasteiger partial charge in [-0.1, -0.05) is 283 Å². The van der Waals surface area contributed by atoms with Crippen LogP contribution < -0.4 is 26.2 Å². The Morgan fingerprint density at radius 1 is 0.248 bits per heavy atom. The van der Waals surface area contributed by atoms with E-state index in [4.69, 9.17) is 0 Å². The first-order valence-electron chi connectivity index (χ1n) is 43.6. The smallest absolute Gasteiger partial charge is 0.252 e. The quantitative estimate of drug-likeness (QED) is 0.0901. The number of nitrogens with zero attached hydrogens (tertiary/aromatic N) is 5. The molecule has 0 amide bonds. The molecule has 3 aromatic heterocycles. The molecule has 6 heteroatoms. The number of aryl methyl sites for hydroxylation is 1. The number of allylic oxidation sites excluding steroid dienone is 2. The fourth-order valence-corrected chi connectivity index (χ4v) is 20.6. The van der Waals surface area contributed by atoms with Crippen molar-refractivity contribution in [2.45, 2.75) is 164 Å². The summed E-state index contributed by atoms with van der Waals surface area (Å²) in [7, 11) is 0. The van der Waals surface area contributed by atoms with Crippen LogP contribution in [-0.2, 0) is 32.5 Å². The van der Waals surface area contributed by atoms with E-state index < -0.39 is 0 Å². The third-order valence-corrected chi connectivity index (χ3v) is 27.3. The van der Waals surface area contributed by atoms with Gasteiger partial charge in [0.15, 0.2) is 0 Å². The number of hydrogen-bond donors (Lipinski definition) is 0. The maximum absolute atomic E-state index is 4.19.